The fourth-order valence-corrected chi connectivity index (χ4v) is 6.07. The van der Waals surface area contributed by atoms with Crippen molar-refractivity contribution < 1.29 is 24.2 Å². The van der Waals surface area contributed by atoms with Crippen molar-refractivity contribution in [2.45, 2.75) is 58.3 Å². The highest BCUT2D eigenvalue weighted by atomic mass is 16.8. The van der Waals surface area contributed by atoms with Gasteiger partial charge in [-0.1, -0.05) is 73.9 Å². The first-order valence-corrected chi connectivity index (χ1v) is 14.4. The Balaban J connectivity index is 1.30. The first kappa shape index (κ1) is 28.1. The number of benzene rings is 3. The van der Waals surface area contributed by atoms with Crippen LogP contribution in [-0.2, 0) is 16.0 Å². The number of hydrogen-bond acceptors (Lipinski definition) is 8. The van der Waals surface area contributed by atoms with Gasteiger partial charge in [-0.05, 0) is 59.0 Å². The van der Waals surface area contributed by atoms with Crippen LogP contribution in [0, 0.1) is 12.8 Å². The van der Waals surface area contributed by atoms with Crippen LogP contribution in [-0.4, -0.2) is 53.2 Å². The van der Waals surface area contributed by atoms with Gasteiger partial charge in [-0.3, -0.25) is 0 Å². The van der Waals surface area contributed by atoms with E-state index >= 15 is 0 Å². The van der Waals surface area contributed by atoms with Crippen molar-refractivity contribution in [2.24, 2.45) is 5.92 Å². The number of aromatic amines is 1. The molecule has 0 radical (unpaired) electrons. The molecular formula is C32H32N6O5. The Kier molecular flexibility index (Phi) is 7.62. The summed E-state index contributed by atoms with van der Waals surface area (Å²) in [5, 5.41) is 23.8. The summed E-state index contributed by atoms with van der Waals surface area (Å²) in [7, 11) is 0. The van der Waals surface area contributed by atoms with Gasteiger partial charge in [0.25, 0.3) is 5.79 Å². The van der Waals surface area contributed by atoms with Crippen LogP contribution in [0.15, 0.2) is 66.7 Å². The number of fused-ring (bicyclic) bond motifs is 1. The minimum atomic E-state index is -1.58. The Morgan fingerprint density at radius 1 is 0.977 bits per heavy atom. The molecule has 1 saturated carbocycles. The van der Waals surface area contributed by atoms with Gasteiger partial charge in [-0.25, -0.2) is 19.7 Å². The zero-order chi connectivity index (χ0) is 30.0. The van der Waals surface area contributed by atoms with Crippen LogP contribution in [0.25, 0.3) is 33.5 Å². The fourth-order valence-electron chi connectivity index (χ4n) is 6.07. The summed E-state index contributed by atoms with van der Waals surface area (Å²) in [6.45, 7) is 3.91. The number of tetrazole rings is 1. The fraction of sp³-hybridized carbons (Fsp3) is 0.312. The molecule has 0 spiro atoms. The number of ether oxygens (including phenoxy) is 2. The summed E-state index contributed by atoms with van der Waals surface area (Å²) in [6.07, 6.45) is 2.93. The molecular weight excluding hydrogens is 548 g/mol. The monoisotopic (exact) mass is 580 g/mol. The highest BCUT2D eigenvalue weighted by molar-refractivity contribution is 6.02. The van der Waals surface area contributed by atoms with E-state index in [0.29, 0.717) is 29.0 Å². The first-order chi connectivity index (χ1) is 20.8. The molecule has 1 atom stereocenters. The summed E-state index contributed by atoms with van der Waals surface area (Å²) >= 11 is 0. The molecule has 1 unspecified atom stereocenters. The van der Waals surface area contributed by atoms with Gasteiger partial charge in [-0.15, -0.1) is 5.10 Å². The molecule has 1 aliphatic carbocycles. The Morgan fingerprint density at radius 2 is 1.72 bits per heavy atom. The van der Waals surface area contributed by atoms with Crippen molar-refractivity contribution in [2.75, 3.05) is 0 Å². The van der Waals surface area contributed by atoms with E-state index in [1.54, 1.807) is 19.1 Å². The molecule has 6 rings (SSSR count). The van der Waals surface area contributed by atoms with Gasteiger partial charge in [-0.2, -0.15) is 0 Å². The molecule has 43 heavy (non-hydrogen) atoms. The molecule has 0 aliphatic heterocycles. The van der Waals surface area contributed by atoms with Crippen molar-refractivity contribution in [1.82, 2.24) is 30.2 Å². The van der Waals surface area contributed by atoms with Gasteiger partial charge < -0.3 is 19.1 Å². The molecule has 5 aromatic rings. The Labute approximate surface area is 247 Å². The number of para-hydroxylation sites is 1. The summed E-state index contributed by atoms with van der Waals surface area (Å²) in [5.74, 6) is -1.11. The third kappa shape index (κ3) is 5.70. The van der Waals surface area contributed by atoms with Crippen LogP contribution in [0.5, 0.6) is 0 Å². The molecule has 3 aromatic carbocycles. The number of esters is 1. The zero-order valence-electron chi connectivity index (χ0n) is 24.0. The predicted molar refractivity (Wildman–Crippen MR) is 158 cm³/mol. The van der Waals surface area contributed by atoms with E-state index in [9.17, 15) is 14.7 Å². The number of H-pyrrole nitrogens is 1. The SMILES string of the molecule is Cc1nc2cccc(C(=O)OC(C)(OC(=O)O)C3CCCCC3)c2n1Cc1ccc(-c2ccccc2-c2nnn[nH]2)cc1. The number of aromatic nitrogens is 6. The standard InChI is InChI=1S/C32H32N6O5/c1-20-33-27-14-8-13-26(30(39)42-32(2,43-31(40)41)23-9-4-3-5-10-23)28(27)38(20)19-21-15-17-22(18-16-21)24-11-6-7-12-25(24)29-34-36-37-35-29/h6-8,11-18,23H,3-5,9-10,19H2,1-2H3,(H,40,41)(H,34,35,36,37). The van der Waals surface area contributed by atoms with E-state index in [1.165, 1.54) is 0 Å². The van der Waals surface area contributed by atoms with E-state index in [0.717, 1.165) is 60.2 Å². The van der Waals surface area contributed by atoms with Crippen molar-refractivity contribution in [3.63, 3.8) is 0 Å². The zero-order valence-corrected chi connectivity index (χ0v) is 24.0. The molecule has 220 valence electrons. The summed E-state index contributed by atoms with van der Waals surface area (Å²) in [4.78, 5) is 30.0. The molecule has 1 fully saturated rings. The van der Waals surface area contributed by atoms with Crippen LogP contribution in [0.2, 0.25) is 0 Å². The maximum absolute atomic E-state index is 13.7. The lowest BCUT2D eigenvalue weighted by Gasteiger charge is -2.37. The van der Waals surface area contributed by atoms with Crippen LogP contribution < -0.4 is 0 Å². The average molecular weight is 581 g/mol. The molecule has 0 saturated heterocycles. The smallest absolute Gasteiger partial charge is 0.450 e. The van der Waals surface area contributed by atoms with Crippen LogP contribution in [0.1, 0.15) is 60.8 Å². The summed E-state index contributed by atoms with van der Waals surface area (Å²) < 4.78 is 13.1. The number of nitrogens with zero attached hydrogens (tertiary/aromatic N) is 5. The second-order valence-electron chi connectivity index (χ2n) is 11.0. The topological polar surface area (TPSA) is 145 Å². The summed E-state index contributed by atoms with van der Waals surface area (Å²) in [6, 6.07) is 21.3. The first-order valence-electron chi connectivity index (χ1n) is 14.4. The minimum Gasteiger partial charge on any atom is -0.450 e. The van der Waals surface area contributed by atoms with E-state index in [4.69, 9.17) is 14.5 Å². The van der Waals surface area contributed by atoms with Crippen LogP contribution >= 0.6 is 0 Å². The third-order valence-corrected chi connectivity index (χ3v) is 8.24. The van der Waals surface area contributed by atoms with Gasteiger partial charge in [0, 0.05) is 24.9 Å². The molecule has 1 aliphatic rings. The van der Waals surface area contributed by atoms with Crippen molar-refractivity contribution >= 4 is 23.2 Å². The maximum Gasteiger partial charge on any atom is 0.509 e. The summed E-state index contributed by atoms with van der Waals surface area (Å²) in [5.41, 5.74) is 5.48. The minimum absolute atomic E-state index is 0.212. The Bertz CT molecular complexity index is 1760. The Morgan fingerprint density at radius 3 is 2.42 bits per heavy atom. The largest absolute Gasteiger partial charge is 0.509 e. The number of imidazole rings is 1. The van der Waals surface area contributed by atoms with Crippen LogP contribution in [0.4, 0.5) is 4.79 Å². The highest BCUT2D eigenvalue weighted by Crippen LogP contribution is 2.37. The number of carbonyl (C=O) groups excluding carboxylic acids is 1. The molecule has 11 heteroatoms. The van der Waals surface area contributed by atoms with Gasteiger partial charge in [0.05, 0.1) is 16.6 Å². The molecule has 11 nitrogen and oxygen atoms in total. The van der Waals surface area contributed by atoms with E-state index in [2.05, 4.69) is 20.6 Å². The predicted octanol–water partition coefficient (Wildman–Crippen LogP) is 6.39. The third-order valence-electron chi connectivity index (χ3n) is 8.24. The average Bonchev–Trinajstić information content (AvgIpc) is 3.66. The van der Waals surface area contributed by atoms with Gasteiger partial charge >= 0.3 is 12.1 Å². The van der Waals surface area contributed by atoms with E-state index < -0.39 is 17.9 Å². The lowest BCUT2D eigenvalue weighted by atomic mass is 9.83. The number of nitrogens with one attached hydrogen (secondary N) is 1. The highest BCUT2D eigenvalue weighted by Gasteiger charge is 2.43. The molecule has 0 amide bonds. The lowest BCUT2D eigenvalue weighted by molar-refractivity contribution is -0.201. The molecule has 2 N–H and O–H groups in total. The number of aryl methyl sites for hydroxylation is 1. The van der Waals surface area contributed by atoms with Crippen molar-refractivity contribution in [3.8, 4) is 22.5 Å². The van der Waals surface area contributed by atoms with E-state index in [-0.39, 0.29) is 5.92 Å². The van der Waals surface area contributed by atoms with Crippen LogP contribution in [0.3, 0.4) is 0 Å². The number of carbonyl (C=O) groups is 2. The number of hydrogen-bond donors (Lipinski definition) is 2. The number of carboxylic acid groups (broad SMARTS) is 1. The maximum atomic E-state index is 13.7. The van der Waals surface area contributed by atoms with E-state index in [1.807, 2.05) is 66.1 Å². The van der Waals surface area contributed by atoms with Crippen molar-refractivity contribution in [1.29, 1.82) is 0 Å². The lowest BCUT2D eigenvalue weighted by Crippen LogP contribution is -2.44. The van der Waals surface area contributed by atoms with Gasteiger partial charge in [0.15, 0.2) is 5.82 Å². The van der Waals surface area contributed by atoms with Gasteiger partial charge in [0.1, 0.15) is 5.82 Å². The van der Waals surface area contributed by atoms with Crippen molar-refractivity contribution in [3.05, 3.63) is 83.7 Å². The second kappa shape index (κ2) is 11.7. The second-order valence-corrected chi connectivity index (χ2v) is 11.0. The molecule has 2 heterocycles. The number of rotatable bonds is 8. The Hall–Kier alpha value is -5.06. The van der Waals surface area contributed by atoms with Gasteiger partial charge in [0.2, 0.25) is 0 Å². The molecule has 2 aromatic heterocycles. The molecule has 0 bridgehead atoms. The quantitative estimate of drug-likeness (QED) is 0.157. The normalized spacial score (nSPS) is 15.2.